The van der Waals surface area contributed by atoms with Crippen molar-refractivity contribution >= 4 is 5.84 Å². The largest absolute Gasteiger partial charge is 0.409 e. The fraction of sp³-hybridized carbons (Fsp3) is 0.900. The number of amidine groups is 1. The van der Waals surface area contributed by atoms with E-state index in [0.717, 1.165) is 12.8 Å². The lowest BCUT2D eigenvalue weighted by Crippen LogP contribution is -2.45. The first-order valence-electron chi connectivity index (χ1n) is 5.65. The molecule has 0 radical (unpaired) electrons. The van der Waals surface area contributed by atoms with Crippen molar-refractivity contribution in [2.75, 3.05) is 19.6 Å². The van der Waals surface area contributed by atoms with E-state index in [9.17, 15) is 13.2 Å². The van der Waals surface area contributed by atoms with Crippen LogP contribution in [-0.4, -0.2) is 41.8 Å². The summed E-state index contributed by atoms with van der Waals surface area (Å²) in [6, 6.07) is 0. The molecule has 1 aliphatic carbocycles. The van der Waals surface area contributed by atoms with Gasteiger partial charge in [-0.05, 0) is 25.3 Å². The van der Waals surface area contributed by atoms with Crippen LogP contribution in [0.15, 0.2) is 5.16 Å². The Labute approximate surface area is 98.3 Å². The van der Waals surface area contributed by atoms with E-state index < -0.39 is 17.9 Å². The molecule has 100 valence electrons. The van der Waals surface area contributed by atoms with Crippen LogP contribution >= 0.6 is 0 Å². The van der Waals surface area contributed by atoms with E-state index in [4.69, 9.17) is 10.9 Å². The number of oxime groups is 1. The monoisotopic (exact) mass is 253 g/mol. The molecule has 3 N–H and O–H groups in total. The molecule has 0 saturated heterocycles. The highest BCUT2D eigenvalue weighted by molar-refractivity contribution is 5.83. The van der Waals surface area contributed by atoms with Crippen molar-refractivity contribution in [3.8, 4) is 0 Å². The average Bonchev–Trinajstić information content (AvgIpc) is 3.05. The van der Waals surface area contributed by atoms with Crippen LogP contribution in [0.25, 0.3) is 0 Å². The van der Waals surface area contributed by atoms with Gasteiger partial charge in [-0.2, -0.15) is 13.2 Å². The third-order valence-electron chi connectivity index (χ3n) is 2.97. The third-order valence-corrected chi connectivity index (χ3v) is 2.97. The molecule has 1 atom stereocenters. The lowest BCUT2D eigenvalue weighted by molar-refractivity contribution is -0.160. The van der Waals surface area contributed by atoms with Gasteiger partial charge in [-0.3, -0.25) is 0 Å². The van der Waals surface area contributed by atoms with E-state index in [2.05, 4.69) is 5.16 Å². The number of hydrogen-bond donors (Lipinski definition) is 2. The SMILES string of the molecule is CCN(CC1CC1)CC(C(N)=NO)C(F)(F)F. The highest BCUT2D eigenvalue weighted by atomic mass is 19.4. The summed E-state index contributed by atoms with van der Waals surface area (Å²) >= 11 is 0. The number of halogens is 3. The summed E-state index contributed by atoms with van der Waals surface area (Å²) in [6.45, 7) is 2.75. The molecule has 0 spiro atoms. The van der Waals surface area contributed by atoms with Crippen molar-refractivity contribution in [3.63, 3.8) is 0 Å². The molecule has 7 heteroatoms. The Kier molecular flexibility index (Phi) is 4.62. The van der Waals surface area contributed by atoms with Crippen LogP contribution < -0.4 is 5.73 Å². The normalized spacial score (nSPS) is 19.7. The molecular formula is C10H18F3N3O. The molecule has 0 aromatic carbocycles. The summed E-state index contributed by atoms with van der Waals surface area (Å²) in [5, 5.41) is 10.9. The minimum absolute atomic E-state index is 0.244. The van der Waals surface area contributed by atoms with Crippen molar-refractivity contribution in [3.05, 3.63) is 0 Å². The standard InChI is InChI=1S/C10H18F3N3O/c1-2-16(5-7-3-4-7)6-8(9(14)15-17)10(11,12)13/h7-8,17H,2-6H2,1H3,(H2,14,15). The number of rotatable bonds is 6. The van der Waals surface area contributed by atoms with Crippen LogP contribution in [0, 0.1) is 11.8 Å². The Morgan fingerprint density at radius 1 is 1.53 bits per heavy atom. The minimum atomic E-state index is -4.48. The highest BCUT2D eigenvalue weighted by Crippen LogP contribution is 2.32. The number of nitrogens with two attached hydrogens (primary N) is 1. The number of alkyl halides is 3. The molecule has 1 unspecified atom stereocenters. The summed E-state index contributed by atoms with van der Waals surface area (Å²) in [7, 11) is 0. The topological polar surface area (TPSA) is 61.8 Å². The molecule has 0 aromatic rings. The van der Waals surface area contributed by atoms with Gasteiger partial charge in [0.2, 0.25) is 0 Å². The first-order valence-corrected chi connectivity index (χ1v) is 5.65. The van der Waals surface area contributed by atoms with Crippen molar-refractivity contribution in [2.45, 2.75) is 25.9 Å². The quantitative estimate of drug-likeness (QED) is 0.327. The first kappa shape index (κ1) is 14.1. The number of nitrogens with zero attached hydrogens (tertiary/aromatic N) is 2. The molecule has 1 aliphatic rings. The fourth-order valence-electron chi connectivity index (χ4n) is 1.69. The zero-order valence-electron chi connectivity index (χ0n) is 9.74. The van der Waals surface area contributed by atoms with Crippen LogP contribution in [0.4, 0.5) is 13.2 Å². The van der Waals surface area contributed by atoms with Gasteiger partial charge in [0.1, 0.15) is 5.92 Å². The molecule has 1 fully saturated rings. The van der Waals surface area contributed by atoms with Crippen molar-refractivity contribution < 1.29 is 18.4 Å². The highest BCUT2D eigenvalue weighted by Gasteiger charge is 2.44. The average molecular weight is 253 g/mol. The van der Waals surface area contributed by atoms with Crippen LogP contribution in [0.3, 0.4) is 0 Å². The summed E-state index contributed by atoms with van der Waals surface area (Å²) in [5.74, 6) is -2.16. The van der Waals surface area contributed by atoms with Crippen molar-refractivity contribution in [1.82, 2.24) is 4.90 Å². The maximum absolute atomic E-state index is 12.7. The molecule has 0 bridgehead atoms. The lowest BCUT2D eigenvalue weighted by Gasteiger charge is -2.27. The summed E-state index contributed by atoms with van der Waals surface area (Å²) in [6.07, 6.45) is -2.32. The second kappa shape index (κ2) is 5.57. The molecule has 0 aromatic heterocycles. The van der Waals surface area contributed by atoms with Gasteiger partial charge in [-0.15, -0.1) is 0 Å². The molecule has 1 saturated carbocycles. The Bertz CT molecular complexity index is 276. The van der Waals surface area contributed by atoms with E-state index in [0.29, 0.717) is 19.0 Å². The molecular weight excluding hydrogens is 235 g/mol. The van der Waals surface area contributed by atoms with Crippen LogP contribution in [0.2, 0.25) is 0 Å². The molecule has 1 rings (SSSR count). The van der Waals surface area contributed by atoms with E-state index in [1.165, 1.54) is 0 Å². The molecule has 0 aliphatic heterocycles. The fourth-order valence-corrected chi connectivity index (χ4v) is 1.69. The van der Waals surface area contributed by atoms with Gasteiger partial charge >= 0.3 is 6.18 Å². The molecule has 4 nitrogen and oxygen atoms in total. The smallest absolute Gasteiger partial charge is 0.400 e. The summed E-state index contributed by atoms with van der Waals surface area (Å²) < 4.78 is 38.1. The van der Waals surface area contributed by atoms with Gasteiger partial charge in [0.15, 0.2) is 5.84 Å². The first-order chi connectivity index (χ1) is 7.88. The van der Waals surface area contributed by atoms with Gasteiger partial charge in [-0.1, -0.05) is 12.1 Å². The molecule has 0 heterocycles. The van der Waals surface area contributed by atoms with Gasteiger partial charge in [0.05, 0.1) is 0 Å². The molecule has 0 amide bonds. The van der Waals surface area contributed by atoms with E-state index in [1.54, 1.807) is 4.90 Å². The predicted octanol–water partition coefficient (Wildman–Crippen LogP) is 1.64. The Morgan fingerprint density at radius 2 is 2.12 bits per heavy atom. The zero-order chi connectivity index (χ0) is 13.1. The Balaban J connectivity index is 2.62. The second-order valence-electron chi connectivity index (χ2n) is 4.41. The minimum Gasteiger partial charge on any atom is -0.409 e. The Hall–Kier alpha value is -0.980. The van der Waals surface area contributed by atoms with E-state index in [-0.39, 0.29) is 6.54 Å². The van der Waals surface area contributed by atoms with E-state index in [1.807, 2.05) is 6.92 Å². The van der Waals surface area contributed by atoms with Crippen LogP contribution in [0.5, 0.6) is 0 Å². The Morgan fingerprint density at radius 3 is 2.47 bits per heavy atom. The summed E-state index contributed by atoms with van der Waals surface area (Å²) in [5.41, 5.74) is 5.11. The van der Waals surface area contributed by atoms with Crippen molar-refractivity contribution in [1.29, 1.82) is 0 Å². The second-order valence-corrected chi connectivity index (χ2v) is 4.41. The maximum atomic E-state index is 12.7. The summed E-state index contributed by atoms with van der Waals surface area (Å²) in [4.78, 5) is 1.70. The van der Waals surface area contributed by atoms with Gasteiger partial charge in [0, 0.05) is 13.1 Å². The maximum Gasteiger partial charge on any atom is 0.400 e. The molecule has 17 heavy (non-hydrogen) atoms. The number of hydrogen-bond acceptors (Lipinski definition) is 3. The van der Waals surface area contributed by atoms with Gasteiger partial charge in [0.25, 0.3) is 0 Å². The van der Waals surface area contributed by atoms with Gasteiger partial charge in [-0.25, -0.2) is 0 Å². The van der Waals surface area contributed by atoms with Crippen LogP contribution in [-0.2, 0) is 0 Å². The van der Waals surface area contributed by atoms with E-state index >= 15 is 0 Å². The lowest BCUT2D eigenvalue weighted by atomic mass is 10.1. The predicted molar refractivity (Wildman–Crippen MR) is 57.8 cm³/mol. The zero-order valence-corrected chi connectivity index (χ0v) is 9.74. The third kappa shape index (κ3) is 4.41. The van der Waals surface area contributed by atoms with Crippen LogP contribution in [0.1, 0.15) is 19.8 Å². The van der Waals surface area contributed by atoms with Crippen molar-refractivity contribution in [2.24, 2.45) is 22.7 Å². The van der Waals surface area contributed by atoms with Gasteiger partial charge < -0.3 is 15.8 Å².